The zero-order valence-corrected chi connectivity index (χ0v) is 16.2. The van der Waals surface area contributed by atoms with Gasteiger partial charge in [-0.05, 0) is 77.9 Å². The van der Waals surface area contributed by atoms with E-state index in [4.69, 9.17) is 9.72 Å². The largest absolute Gasteiger partial charge is 0.497 e. The van der Waals surface area contributed by atoms with Gasteiger partial charge < -0.3 is 4.74 Å². The van der Waals surface area contributed by atoms with Crippen LogP contribution >= 0.6 is 12.4 Å². The Kier molecular flexibility index (Phi) is 4.75. The second-order valence-electron chi connectivity index (χ2n) is 7.03. The first-order chi connectivity index (χ1) is 12.8. The molecule has 0 fully saturated rings. The Hall–Kier alpha value is -2.58. The normalized spacial score (nSPS) is 13.2. The Balaban J connectivity index is 0.00000180. The summed E-state index contributed by atoms with van der Waals surface area (Å²) >= 11 is 0. The van der Waals surface area contributed by atoms with E-state index in [0.29, 0.717) is 0 Å². The third kappa shape index (κ3) is 2.94. The molecule has 1 aliphatic carbocycles. The highest BCUT2D eigenvalue weighted by atomic mass is 35.5. The summed E-state index contributed by atoms with van der Waals surface area (Å²) < 4.78 is 5.32. The standard InChI is InChI=1S/C24H21NO.ClH/c1-26-18-13-10-17(11-14-18)24-21-9-5-4-8-20(21)23-19-7-3-2-6-16(19)12-15-22(23)25-24;/h2-3,6-7,10-15H,4-5,8-9H2,1H3;1H. The van der Waals surface area contributed by atoms with Gasteiger partial charge in [-0.15, -0.1) is 12.4 Å². The van der Waals surface area contributed by atoms with Crippen molar-refractivity contribution in [2.24, 2.45) is 0 Å². The van der Waals surface area contributed by atoms with Crippen molar-refractivity contribution in [1.29, 1.82) is 0 Å². The van der Waals surface area contributed by atoms with Crippen LogP contribution in [0, 0.1) is 0 Å². The number of pyridine rings is 1. The molecule has 2 nitrogen and oxygen atoms in total. The molecule has 3 heteroatoms. The van der Waals surface area contributed by atoms with Gasteiger partial charge >= 0.3 is 0 Å². The summed E-state index contributed by atoms with van der Waals surface area (Å²) in [5.74, 6) is 0.884. The molecule has 0 bridgehead atoms. The van der Waals surface area contributed by atoms with Crippen LogP contribution in [0.5, 0.6) is 5.75 Å². The summed E-state index contributed by atoms with van der Waals surface area (Å²) in [6.45, 7) is 0. The molecule has 136 valence electrons. The third-order valence-corrected chi connectivity index (χ3v) is 5.56. The first-order valence-electron chi connectivity index (χ1n) is 9.33. The second kappa shape index (κ2) is 7.21. The minimum absolute atomic E-state index is 0. The lowest BCUT2D eigenvalue weighted by Gasteiger charge is -2.22. The molecule has 0 amide bonds. The number of aryl methyl sites for hydroxylation is 1. The highest BCUT2D eigenvalue weighted by Gasteiger charge is 2.20. The first kappa shape index (κ1) is 17.8. The highest BCUT2D eigenvalue weighted by molar-refractivity contribution is 6.09. The predicted molar refractivity (Wildman–Crippen MR) is 115 cm³/mol. The predicted octanol–water partition coefficient (Wildman–Crippen LogP) is 6.36. The van der Waals surface area contributed by atoms with Crippen LogP contribution in [0.2, 0.25) is 0 Å². The van der Waals surface area contributed by atoms with Crippen molar-refractivity contribution in [3.63, 3.8) is 0 Å². The molecule has 0 spiro atoms. The summed E-state index contributed by atoms with van der Waals surface area (Å²) in [5.41, 5.74) is 6.37. The van der Waals surface area contributed by atoms with Gasteiger partial charge in [0, 0.05) is 10.9 Å². The molecule has 4 aromatic rings. The maximum absolute atomic E-state index is 5.32. The SMILES string of the molecule is COc1ccc(-c2nc3ccc4ccccc4c3c3c2CCCC3)cc1.Cl. The van der Waals surface area contributed by atoms with Gasteiger partial charge in [0.25, 0.3) is 0 Å². The van der Waals surface area contributed by atoms with Gasteiger partial charge in [-0.1, -0.05) is 30.3 Å². The molecule has 0 N–H and O–H groups in total. The lowest BCUT2D eigenvalue weighted by molar-refractivity contribution is 0.415. The summed E-state index contributed by atoms with van der Waals surface area (Å²) in [6, 6.07) is 21.4. The third-order valence-electron chi connectivity index (χ3n) is 5.56. The topological polar surface area (TPSA) is 22.1 Å². The molecule has 0 atom stereocenters. The zero-order chi connectivity index (χ0) is 17.5. The van der Waals surface area contributed by atoms with Crippen LogP contribution in [0.15, 0.2) is 60.7 Å². The molecule has 0 radical (unpaired) electrons. The monoisotopic (exact) mass is 375 g/mol. The number of nitrogens with zero attached hydrogens (tertiary/aromatic N) is 1. The Bertz CT molecular complexity index is 1120. The number of aromatic nitrogens is 1. The van der Waals surface area contributed by atoms with Gasteiger partial charge in [-0.3, -0.25) is 0 Å². The summed E-state index contributed by atoms with van der Waals surface area (Å²) in [7, 11) is 1.70. The number of halogens is 1. The van der Waals surface area contributed by atoms with Crippen LogP contribution < -0.4 is 4.74 Å². The molecule has 1 aliphatic rings. The molecule has 27 heavy (non-hydrogen) atoms. The van der Waals surface area contributed by atoms with Crippen LogP contribution in [-0.2, 0) is 12.8 Å². The lowest BCUT2D eigenvalue weighted by atomic mass is 9.85. The van der Waals surface area contributed by atoms with E-state index < -0.39 is 0 Å². The van der Waals surface area contributed by atoms with E-state index >= 15 is 0 Å². The van der Waals surface area contributed by atoms with Crippen molar-refractivity contribution < 1.29 is 4.74 Å². The maximum atomic E-state index is 5.32. The summed E-state index contributed by atoms with van der Waals surface area (Å²) in [6.07, 6.45) is 4.76. The van der Waals surface area contributed by atoms with E-state index in [9.17, 15) is 0 Å². The van der Waals surface area contributed by atoms with Crippen LogP contribution in [0.3, 0.4) is 0 Å². The van der Waals surface area contributed by atoms with Gasteiger partial charge in [0.2, 0.25) is 0 Å². The van der Waals surface area contributed by atoms with E-state index in [0.717, 1.165) is 29.8 Å². The van der Waals surface area contributed by atoms with Crippen molar-refractivity contribution in [3.05, 3.63) is 71.8 Å². The fourth-order valence-electron chi connectivity index (χ4n) is 4.29. The molecular weight excluding hydrogens is 354 g/mol. The van der Waals surface area contributed by atoms with Gasteiger partial charge in [0.1, 0.15) is 5.75 Å². The Labute approximate surface area is 165 Å². The molecule has 1 heterocycles. The van der Waals surface area contributed by atoms with Gasteiger partial charge in [-0.2, -0.15) is 0 Å². The van der Waals surface area contributed by atoms with Crippen molar-refractivity contribution >= 4 is 34.1 Å². The van der Waals surface area contributed by atoms with Crippen LogP contribution in [0.4, 0.5) is 0 Å². The zero-order valence-electron chi connectivity index (χ0n) is 15.4. The lowest BCUT2D eigenvalue weighted by Crippen LogP contribution is -2.08. The fourth-order valence-corrected chi connectivity index (χ4v) is 4.29. The Morgan fingerprint density at radius 1 is 0.815 bits per heavy atom. The van der Waals surface area contributed by atoms with Gasteiger partial charge in [0.15, 0.2) is 0 Å². The minimum atomic E-state index is 0. The Morgan fingerprint density at radius 2 is 1.56 bits per heavy atom. The number of rotatable bonds is 2. The number of fused-ring (bicyclic) bond motifs is 5. The number of benzene rings is 3. The van der Waals surface area contributed by atoms with E-state index in [1.165, 1.54) is 45.7 Å². The van der Waals surface area contributed by atoms with E-state index in [-0.39, 0.29) is 12.4 Å². The van der Waals surface area contributed by atoms with Crippen LogP contribution in [-0.4, -0.2) is 12.1 Å². The fraction of sp³-hybridized carbons (Fsp3) is 0.208. The smallest absolute Gasteiger partial charge is 0.118 e. The number of hydrogen-bond acceptors (Lipinski definition) is 2. The number of methoxy groups -OCH3 is 1. The van der Waals surface area contributed by atoms with Crippen LogP contribution in [0.1, 0.15) is 24.0 Å². The Morgan fingerprint density at radius 3 is 2.33 bits per heavy atom. The van der Waals surface area contributed by atoms with Crippen molar-refractivity contribution in [1.82, 2.24) is 4.98 Å². The highest BCUT2D eigenvalue weighted by Crippen LogP contribution is 2.38. The van der Waals surface area contributed by atoms with E-state index in [2.05, 4.69) is 48.5 Å². The number of hydrogen-bond donors (Lipinski definition) is 0. The molecule has 5 rings (SSSR count). The molecule has 0 saturated carbocycles. The van der Waals surface area contributed by atoms with E-state index in [1.807, 2.05) is 12.1 Å². The van der Waals surface area contributed by atoms with Crippen molar-refractivity contribution in [3.8, 4) is 17.0 Å². The summed E-state index contributed by atoms with van der Waals surface area (Å²) in [4.78, 5) is 5.12. The van der Waals surface area contributed by atoms with E-state index in [1.54, 1.807) is 7.11 Å². The van der Waals surface area contributed by atoms with Crippen LogP contribution in [0.25, 0.3) is 32.9 Å². The average Bonchev–Trinajstić information content (AvgIpc) is 2.73. The number of ether oxygens (including phenoxy) is 1. The van der Waals surface area contributed by atoms with Crippen molar-refractivity contribution in [2.75, 3.05) is 7.11 Å². The molecule has 0 aliphatic heterocycles. The quantitative estimate of drug-likeness (QED) is 0.380. The average molecular weight is 376 g/mol. The molecule has 0 unspecified atom stereocenters. The van der Waals surface area contributed by atoms with Gasteiger partial charge in [-0.25, -0.2) is 4.98 Å². The molecule has 3 aromatic carbocycles. The first-order valence-corrected chi connectivity index (χ1v) is 9.33. The summed E-state index contributed by atoms with van der Waals surface area (Å²) in [5, 5.41) is 3.98. The molecular formula is C24H22ClNO. The molecule has 1 aromatic heterocycles. The van der Waals surface area contributed by atoms with Gasteiger partial charge in [0.05, 0.1) is 18.3 Å². The van der Waals surface area contributed by atoms with Crippen molar-refractivity contribution in [2.45, 2.75) is 25.7 Å². The molecule has 0 saturated heterocycles. The minimum Gasteiger partial charge on any atom is -0.497 e. The maximum Gasteiger partial charge on any atom is 0.118 e. The second-order valence-corrected chi connectivity index (χ2v) is 7.03.